The number of carbonyl (C=O) groups excluding carboxylic acids is 1. The third-order valence-electron chi connectivity index (χ3n) is 2.06. The van der Waals surface area contributed by atoms with Gasteiger partial charge in [0.05, 0.1) is 0 Å². The zero-order valence-corrected chi connectivity index (χ0v) is 10.1. The molecule has 0 saturated heterocycles. The van der Waals surface area contributed by atoms with Gasteiger partial charge in [0.1, 0.15) is 0 Å². The predicted octanol–water partition coefficient (Wildman–Crippen LogP) is 2.69. The molecule has 0 atom stereocenters. The Bertz CT molecular complexity index is 308. The Balaban J connectivity index is 2.58. The lowest BCUT2D eigenvalue weighted by Crippen LogP contribution is -2.23. The number of amides is 1. The summed E-state index contributed by atoms with van der Waals surface area (Å²) in [6.45, 7) is 2.78. The fraction of sp³-hybridized carbons (Fsp3) is 0.417. The summed E-state index contributed by atoms with van der Waals surface area (Å²) in [5.74, 6) is 1.02. The number of thioether (sulfide) groups is 1. The first-order valence-corrected chi connectivity index (χ1v) is 6.53. The number of hydrogen-bond acceptors (Lipinski definition) is 2. The van der Waals surface area contributed by atoms with E-state index < -0.39 is 0 Å². The first-order valence-electron chi connectivity index (χ1n) is 5.14. The Kier molecular flexibility index (Phi) is 5.26. The maximum absolute atomic E-state index is 11.6. The van der Waals surface area contributed by atoms with Gasteiger partial charge in [-0.25, -0.2) is 0 Å². The van der Waals surface area contributed by atoms with Gasteiger partial charge in [-0.2, -0.15) is 11.8 Å². The number of carbonyl (C=O) groups is 1. The SMILES string of the molecule is CCCNC(=O)c1ccc(CSC)cc1. The van der Waals surface area contributed by atoms with Crippen LogP contribution in [-0.2, 0) is 5.75 Å². The molecule has 2 nitrogen and oxygen atoms in total. The summed E-state index contributed by atoms with van der Waals surface area (Å²) in [4.78, 5) is 11.6. The standard InChI is InChI=1S/C12H17NOS/c1-3-8-13-12(14)11-6-4-10(5-7-11)9-15-2/h4-7H,3,8-9H2,1-2H3,(H,13,14). The molecule has 0 aliphatic heterocycles. The first kappa shape index (κ1) is 12.1. The van der Waals surface area contributed by atoms with E-state index >= 15 is 0 Å². The Hall–Kier alpha value is -0.960. The van der Waals surface area contributed by atoms with Crippen molar-refractivity contribution in [2.45, 2.75) is 19.1 Å². The van der Waals surface area contributed by atoms with Gasteiger partial charge in [-0.05, 0) is 30.4 Å². The molecule has 1 aromatic rings. The smallest absolute Gasteiger partial charge is 0.251 e. The van der Waals surface area contributed by atoms with Crippen LogP contribution in [0.25, 0.3) is 0 Å². The quantitative estimate of drug-likeness (QED) is 0.831. The molecule has 15 heavy (non-hydrogen) atoms. The molecule has 0 aromatic heterocycles. The van der Waals surface area contributed by atoms with Crippen LogP contribution in [0.2, 0.25) is 0 Å². The Morgan fingerprint density at radius 2 is 2.00 bits per heavy atom. The minimum absolute atomic E-state index is 0.0209. The third kappa shape index (κ3) is 3.96. The molecule has 82 valence electrons. The van der Waals surface area contributed by atoms with E-state index in [2.05, 4.69) is 11.6 Å². The van der Waals surface area contributed by atoms with E-state index in [1.807, 2.05) is 31.2 Å². The lowest BCUT2D eigenvalue weighted by atomic mass is 10.1. The van der Waals surface area contributed by atoms with Crippen LogP contribution in [0, 0.1) is 0 Å². The van der Waals surface area contributed by atoms with Gasteiger partial charge in [-0.1, -0.05) is 19.1 Å². The largest absolute Gasteiger partial charge is 0.352 e. The molecule has 0 radical (unpaired) electrons. The van der Waals surface area contributed by atoms with Crippen molar-refractivity contribution in [2.75, 3.05) is 12.8 Å². The van der Waals surface area contributed by atoms with Crippen LogP contribution in [0.4, 0.5) is 0 Å². The summed E-state index contributed by atoms with van der Waals surface area (Å²) in [6, 6.07) is 7.79. The third-order valence-corrected chi connectivity index (χ3v) is 2.68. The lowest BCUT2D eigenvalue weighted by molar-refractivity contribution is 0.0953. The van der Waals surface area contributed by atoms with Gasteiger partial charge in [-0.3, -0.25) is 4.79 Å². The van der Waals surface area contributed by atoms with E-state index in [0.717, 1.165) is 24.3 Å². The second-order valence-corrected chi connectivity index (χ2v) is 4.25. The van der Waals surface area contributed by atoms with E-state index in [1.54, 1.807) is 11.8 Å². The highest BCUT2D eigenvalue weighted by Gasteiger charge is 2.03. The van der Waals surface area contributed by atoms with Crippen molar-refractivity contribution in [1.82, 2.24) is 5.32 Å². The molecule has 0 saturated carbocycles. The normalized spacial score (nSPS) is 10.0. The molecule has 1 rings (SSSR count). The molecule has 0 bridgehead atoms. The highest BCUT2D eigenvalue weighted by atomic mass is 32.2. The molecule has 0 spiro atoms. The van der Waals surface area contributed by atoms with Crippen molar-refractivity contribution in [1.29, 1.82) is 0 Å². The van der Waals surface area contributed by atoms with Gasteiger partial charge in [0.25, 0.3) is 5.91 Å². The summed E-state index contributed by atoms with van der Waals surface area (Å²) in [5.41, 5.74) is 2.00. The summed E-state index contributed by atoms with van der Waals surface area (Å²) in [7, 11) is 0. The molecular formula is C12H17NOS. The fourth-order valence-corrected chi connectivity index (χ4v) is 1.79. The summed E-state index contributed by atoms with van der Waals surface area (Å²) < 4.78 is 0. The van der Waals surface area contributed by atoms with Gasteiger partial charge in [-0.15, -0.1) is 0 Å². The predicted molar refractivity (Wildman–Crippen MR) is 66.3 cm³/mol. The van der Waals surface area contributed by atoms with Crippen LogP contribution in [-0.4, -0.2) is 18.7 Å². The lowest BCUT2D eigenvalue weighted by Gasteiger charge is -2.04. The van der Waals surface area contributed by atoms with Crippen molar-refractivity contribution in [2.24, 2.45) is 0 Å². The number of rotatable bonds is 5. The fourth-order valence-electron chi connectivity index (χ4n) is 1.26. The maximum atomic E-state index is 11.6. The number of nitrogens with one attached hydrogen (secondary N) is 1. The van der Waals surface area contributed by atoms with Gasteiger partial charge >= 0.3 is 0 Å². The van der Waals surface area contributed by atoms with E-state index in [9.17, 15) is 4.79 Å². The molecule has 0 unspecified atom stereocenters. The van der Waals surface area contributed by atoms with Gasteiger partial charge in [0.15, 0.2) is 0 Å². The minimum atomic E-state index is 0.0209. The average Bonchev–Trinajstić information content (AvgIpc) is 2.27. The van der Waals surface area contributed by atoms with Crippen LogP contribution in [0.5, 0.6) is 0 Å². The molecule has 1 N–H and O–H groups in total. The molecule has 0 aliphatic rings. The molecule has 1 aromatic carbocycles. The molecule has 1 amide bonds. The zero-order chi connectivity index (χ0) is 11.1. The number of benzene rings is 1. The highest BCUT2D eigenvalue weighted by molar-refractivity contribution is 7.97. The molecule has 0 heterocycles. The Labute approximate surface area is 95.5 Å². The topological polar surface area (TPSA) is 29.1 Å². The molecule has 0 aliphatic carbocycles. The van der Waals surface area contributed by atoms with Crippen LogP contribution in [0.3, 0.4) is 0 Å². The summed E-state index contributed by atoms with van der Waals surface area (Å²) >= 11 is 1.78. The average molecular weight is 223 g/mol. The van der Waals surface area contributed by atoms with Crippen LogP contribution < -0.4 is 5.32 Å². The minimum Gasteiger partial charge on any atom is -0.352 e. The van der Waals surface area contributed by atoms with E-state index in [4.69, 9.17) is 0 Å². The van der Waals surface area contributed by atoms with Crippen molar-refractivity contribution < 1.29 is 4.79 Å². The molecular weight excluding hydrogens is 206 g/mol. The van der Waals surface area contributed by atoms with Crippen LogP contribution in [0.15, 0.2) is 24.3 Å². The summed E-state index contributed by atoms with van der Waals surface area (Å²) in [5, 5.41) is 2.86. The second-order valence-electron chi connectivity index (χ2n) is 3.39. The summed E-state index contributed by atoms with van der Waals surface area (Å²) in [6.07, 6.45) is 3.04. The Morgan fingerprint density at radius 1 is 1.33 bits per heavy atom. The Morgan fingerprint density at radius 3 is 2.53 bits per heavy atom. The zero-order valence-electron chi connectivity index (χ0n) is 9.25. The van der Waals surface area contributed by atoms with Gasteiger partial charge < -0.3 is 5.32 Å². The van der Waals surface area contributed by atoms with Crippen molar-refractivity contribution in [3.8, 4) is 0 Å². The van der Waals surface area contributed by atoms with Gasteiger partial charge in [0.2, 0.25) is 0 Å². The van der Waals surface area contributed by atoms with E-state index in [-0.39, 0.29) is 5.91 Å². The van der Waals surface area contributed by atoms with E-state index in [0.29, 0.717) is 0 Å². The number of hydrogen-bond donors (Lipinski definition) is 1. The van der Waals surface area contributed by atoms with Crippen molar-refractivity contribution in [3.05, 3.63) is 35.4 Å². The monoisotopic (exact) mass is 223 g/mol. The maximum Gasteiger partial charge on any atom is 0.251 e. The molecule has 0 fully saturated rings. The highest BCUT2D eigenvalue weighted by Crippen LogP contribution is 2.10. The van der Waals surface area contributed by atoms with E-state index in [1.165, 1.54) is 5.56 Å². The van der Waals surface area contributed by atoms with Crippen molar-refractivity contribution in [3.63, 3.8) is 0 Å². The second kappa shape index (κ2) is 6.51. The van der Waals surface area contributed by atoms with Crippen LogP contribution >= 0.6 is 11.8 Å². The first-order chi connectivity index (χ1) is 7.27. The van der Waals surface area contributed by atoms with Crippen molar-refractivity contribution >= 4 is 17.7 Å². The molecule has 3 heteroatoms. The van der Waals surface area contributed by atoms with Crippen LogP contribution in [0.1, 0.15) is 29.3 Å². The van der Waals surface area contributed by atoms with Gasteiger partial charge in [0, 0.05) is 17.9 Å².